The fourth-order valence-corrected chi connectivity index (χ4v) is 3.88. The van der Waals surface area contributed by atoms with Crippen LogP contribution in [0.5, 0.6) is 0 Å². The Morgan fingerprint density at radius 3 is 2.17 bits per heavy atom. The first-order valence-electron chi connectivity index (χ1n) is 8.53. The summed E-state index contributed by atoms with van der Waals surface area (Å²) in [6, 6.07) is 0. The zero-order valence-corrected chi connectivity index (χ0v) is 13.9. The summed E-state index contributed by atoms with van der Waals surface area (Å²) in [5.74, 6) is -2.09. The van der Waals surface area contributed by atoms with Gasteiger partial charge in [-0.1, -0.05) is 26.7 Å². The Labute approximate surface area is 140 Å². The summed E-state index contributed by atoms with van der Waals surface area (Å²) >= 11 is 0. The van der Waals surface area contributed by atoms with Crippen LogP contribution in [-0.2, 0) is 23.9 Å². The molecule has 0 radical (unpaired) electrons. The van der Waals surface area contributed by atoms with Crippen molar-refractivity contribution in [3.63, 3.8) is 0 Å². The van der Waals surface area contributed by atoms with Gasteiger partial charge in [0, 0.05) is 16.7 Å². The zero-order valence-electron chi connectivity index (χ0n) is 13.9. The van der Waals surface area contributed by atoms with Gasteiger partial charge in [-0.25, -0.2) is 9.59 Å². The predicted molar refractivity (Wildman–Crippen MR) is 84.3 cm³/mol. The minimum absolute atomic E-state index is 0.0236. The lowest BCUT2D eigenvalue weighted by Gasteiger charge is -2.16. The SMILES string of the molecule is CCCC1CC2=C(CC(CC)CC3=C1C(=O)OC3=O)C(=O)NC2=O. The molecule has 1 N–H and O–H groups in total. The number of esters is 2. The molecular weight excluding hydrogens is 310 g/mol. The first-order valence-corrected chi connectivity index (χ1v) is 8.53. The van der Waals surface area contributed by atoms with Crippen LogP contribution in [0.25, 0.3) is 0 Å². The van der Waals surface area contributed by atoms with Gasteiger partial charge >= 0.3 is 11.9 Å². The van der Waals surface area contributed by atoms with Crippen molar-refractivity contribution in [2.45, 2.75) is 52.4 Å². The molecule has 2 unspecified atom stereocenters. The van der Waals surface area contributed by atoms with E-state index in [1.54, 1.807) is 0 Å². The van der Waals surface area contributed by atoms with E-state index >= 15 is 0 Å². The molecule has 0 bridgehead atoms. The van der Waals surface area contributed by atoms with E-state index in [9.17, 15) is 19.2 Å². The van der Waals surface area contributed by atoms with Crippen LogP contribution >= 0.6 is 0 Å². The van der Waals surface area contributed by atoms with Crippen molar-refractivity contribution in [2.75, 3.05) is 0 Å². The van der Waals surface area contributed by atoms with Gasteiger partial charge in [0.05, 0.1) is 5.57 Å². The van der Waals surface area contributed by atoms with E-state index in [1.165, 1.54) is 0 Å². The molecule has 0 spiro atoms. The van der Waals surface area contributed by atoms with E-state index in [0.717, 1.165) is 12.8 Å². The van der Waals surface area contributed by atoms with E-state index in [-0.39, 0.29) is 23.7 Å². The van der Waals surface area contributed by atoms with Gasteiger partial charge in [0.25, 0.3) is 11.8 Å². The van der Waals surface area contributed by atoms with Crippen molar-refractivity contribution < 1.29 is 23.9 Å². The van der Waals surface area contributed by atoms with Crippen molar-refractivity contribution in [1.82, 2.24) is 5.32 Å². The van der Waals surface area contributed by atoms with Crippen LogP contribution in [0.1, 0.15) is 52.4 Å². The van der Waals surface area contributed by atoms with Crippen molar-refractivity contribution in [3.05, 3.63) is 22.3 Å². The molecule has 2 atom stereocenters. The first-order chi connectivity index (χ1) is 11.5. The minimum Gasteiger partial charge on any atom is -0.386 e. The third-order valence-electron chi connectivity index (χ3n) is 5.18. The van der Waals surface area contributed by atoms with Crippen LogP contribution in [0.4, 0.5) is 0 Å². The number of carbonyl (C=O) groups excluding carboxylic acids is 4. The summed E-state index contributed by atoms with van der Waals surface area (Å²) in [5, 5.41) is 2.37. The van der Waals surface area contributed by atoms with Gasteiger partial charge in [-0.15, -0.1) is 0 Å². The molecular formula is C18H21NO5. The second-order valence-electron chi connectivity index (χ2n) is 6.68. The number of nitrogens with one attached hydrogen (secondary N) is 1. The largest absolute Gasteiger partial charge is 0.386 e. The lowest BCUT2D eigenvalue weighted by Crippen LogP contribution is -2.24. The van der Waals surface area contributed by atoms with E-state index in [1.807, 2.05) is 13.8 Å². The van der Waals surface area contributed by atoms with Gasteiger partial charge in [0.1, 0.15) is 0 Å². The summed E-state index contributed by atoms with van der Waals surface area (Å²) in [6.45, 7) is 3.96. The Hall–Kier alpha value is -2.24. The summed E-state index contributed by atoms with van der Waals surface area (Å²) in [5.41, 5.74) is 1.85. The highest BCUT2D eigenvalue weighted by Crippen LogP contribution is 2.40. The van der Waals surface area contributed by atoms with Gasteiger partial charge in [-0.2, -0.15) is 0 Å². The maximum Gasteiger partial charge on any atom is 0.342 e. The van der Waals surface area contributed by atoms with Crippen LogP contribution in [0.15, 0.2) is 22.3 Å². The van der Waals surface area contributed by atoms with Crippen molar-refractivity contribution in [2.24, 2.45) is 11.8 Å². The highest BCUT2D eigenvalue weighted by atomic mass is 16.6. The van der Waals surface area contributed by atoms with Gasteiger partial charge < -0.3 is 4.74 Å². The molecule has 2 aliphatic heterocycles. The van der Waals surface area contributed by atoms with E-state index in [2.05, 4.69) is 5.32 Å². The molecule has 0 aromatic rings. The molecule has 6 nitrogen and oxygen atoms in total. The maximum absolute atomic E-state index is 12.2. The molecule has 0 fully saturated rings. The Morgan fingerprint density at radius 1 is 0.917 bits per heavy atom. The topological polar surface area (TPSA) is 89.5 Å². The standard InChI is InChI=1S/C18H21NO5/c1-3-5-10-8-12-11(15(20)19-16(12)21)6-9(4-2)7-13-14(10)18(23)24-17(13)22/h9-10H,3-8H2,1-2H3,(H,19,20,21). The molecule has 0 saturated carbocycles. The molecule has 6 heteroatoms. The molecule has 1 aliphatic carbocycles. The molecule has 128 valence electrons. The Kier molecular flexibility index (Phi) is 4.39. The second-order valence-corrected chi connectivity index (χ2v) is 6.68. The molecule has 0 saturated heterocycles. The molecule has 2 heterocycles. The molecule has 2 amide bonds. The number of imide groups is 1. The Morgan fingerprint density at radius 2 is 1.54 bits per heavy atom. The van der Waals surface area contributed by atoms with Gasteiger partial charge in [0.2, 0.25) is 0 Å². The number of hydrogen-bond acceptors (Lipinski definition) is 5. The van der Waals surface area contributed by atoms with Crippen LogP contribution in [0.2, 0.25) is 0 Å². The quantitative estimate of drug-likeness (QED) is 0.485. The Balaban J connectivity index is 2.10. The van der Waals surface area contributed by atoms with Crippen LogP contribution in [-0.4, -0.2) is 23.8 Å². The van der Waals surface area contributed by atoms with Crippen molar-refractivity contribution in [1.29, 1.82) is 0 Å². The van der Waals surface area contributed by atoms with Crippen LogP contribution in [0.3, 0.4) is 0 Å². The number of carbonyl (C=O) groups is 4. The van der Waals surface area contributed by atoms with Gasteiger partial charge in [-0.3, -0.25) is 14.9 Å². The second kappa shape index (κ2) is 6.34. The number of amides is 2. The monoisotopic (exact) mass is 331 g/mol. The highest BCUT2D eigenvalue weighted by Gasteiger charge is 2.42. The lowest BCUT2D eigenvalue weighted by molar-refractivity contribution is -0.151. The third-order valence-corrected chi connectivity index (χ3v) is 5.18. The van der Waals surface area contributed by atoms with Crippen molar-refractivity contribution in [3.8, 4) is 0 Å². The lowest BCUT2D eigenvalue weighted by atomic mass is 9.85. The number of rotatable bonds is 3. The molecule has 0 aromatic carbocycles. The number of cyclic esters (lactones) is 2. The van der Waals surface area contributed by atoms with Crippen molar-refractivity contribution >= 4 is 23.8 Å². The third kappa shape index (κ3) is 2.70. The zero-order chi connectivity index (χ0) is 17.4. The van der Waals surface area contributed by atoms with E-state index in [0.29, 0.717) is 48.0 Å². The normalized spacial score (nSPS) is 27.4. The summed E-state index contributed by atoms with van der Waals surface area (Å²) in [7, 11) is 0. The summed E-state index contributed by atoms with van der Waals surface area (Å²) in [6.07, 6.45) is 3.37. The summed E-state index contributed by atoms with van der Waals surface area (Å²) < 4.78 is 4.85. The smallest absolute Gasteiger partial charge is 0.342 e. The Bertz CT molecular complexity index is 700. The average molecular weight is 331 g/mol. The maximum atomic E-state index is 12.2. The molecule has 3 aliphatic rings. The van der Waals surface area contributed by atoms with Gasteiger partial charge in [0.15, 0.2) is 0 Å². The summed E-state index contributed by atoms with van der Waals surface area (Å²) in [4.78, 5) is 48.7. The molecule has 24 heavy (non-hydrogen) atoms. The van der Waals surface area contributed by atoms with E-state index < -0.39 is 11.9 Å². The van der Waals surface area contributed by atoms with E-state index in [4.69, 9.17) is 4.74 Å². The number of ether oxygens (including phenoxy) is 1. The fourth-order valence-electron chi connectivity index (χ4n) is 3.88. The van der Waals surface area contributed by atoms with Crippen LogP contribution in [0, 0.1) is 11.8 Å². The molecule has 3 rings (SSSR count). The van der Waals surface area contributed by atoms with Gasteiger partial charge in [-0.05, 0) is 37.5 Å². The first kappa shape index (κ1) is 16.6. The fraction of sp³-hybridized carbons (Fsp3) is 0.556. The number of hydrogen-bond donors (Lipinski definition) is 1. The predicted octanol–water partition coefficient (Wildman–Crippen LogP) is 1.95. The average Bonchev–Trinajstić information content (AvgIpc) is 2.97. The van der Waals surface area contributed by atoms with Crippen LogP contribution < -0.4 is 5.32 Å². The minimum atomic E-state index is -0.586. The molecule has 0 aromatic heterocycles. The highest BCUT2D eigenvalue weighted by molar-refractivity contribution is 6.19.